The van der Waals surface area contributed by atoms with Crippen molar-refractivity contribution in [2.24, 2.45) is 0 Å². The van der Waals surface area contributed by atoms with Crippen LogP contribution >= 0.6 is 0 Å². The topological polar surface area (TPSA) is 72.5 Å². The largest absolute Gasteiger partial charge is 0.453 e. The Kier molecular flexibility index (Phi) is 3.02. The number of fused-ring (bicyclic) bond motifs is 2. The molecule has 0 saturated carbocycles. The van der Waals surface area contributed by atoms with E-state index in [0.717, 1.165) is 0 Å². The molecule has 21 heavy (non-hydrogen) atoms. The second-order valence-corrected chi connectivity index (χ2v) is 4.58. The number of methoxy groups -OCH3 is 1. The van der Waals surface area contributed by atoms with E-state index >= 15 is 0 Å². The van der Waals surface area contributed by atoms with Gasteiger partial charge in [-0.15, -0.1) is 0 Å². The lowest BCUT2D eigenvalue weighted by atomic mass is 9.84. The van der Waals surface area contributed by atoms with Crippen molar-refractivity contribution >= 4 is 23.3 Å². The molecule has 1 aliphatic carbocycles. The molecule has 0 saturated heterocycles. The summed E-state index contributed by atoms with van der Waals surface area (Å²) >= 11 is 0. The van der Waals surface area contributed by atoms with Crippen molar-refractivity contribution in [3.05, 3.63) is 64.7 Å². The predicted octanol–water partition coefficient (Wildman–Crippen LogP) is 2.64. The minimum atomic E-state index is -0.634. The molecule has 1 N–H and O–H groups in total. The quantitative estimate of drug-likeness (QED) is 0.744. The van der Waals surface area contributed by atoms with E-state index in [4.69, 9.17) is 0 Å². The standard InChI is InChI=1S/C16H11NO4/c1-21-16(20)17-9-6-7-12-13(8-9)15(19)11-5-3-2-4-10(11)14(12)18/h2-8H,1H3,(H,17,20). The Labute approximate surface area is 120 Å². The van der Waals surface area contributed by atoms with Crippen LogP contribution < -0.4 is 5.32 Å². The second-order valence-electron chi connectivity index (χ2n) is 4.58. The van der Waals surface area contributed by atoms with Crippen LogP contribution in [0.5, 0.6) is 0 Å². The molecule has 1 amide bonds. The van der Waals surface area contributed by atoms with E-state index in [9.17, 15) is 14.4 Å². The molecule has 0 unspecified atom stereocenters. The first-order chi connectivity index (χ1) is 10.1. The van der Waals surface area contributed by atoms with Crippen LogP contribution in [0.1, 0.15) is 31.8 Å². The molecule has 5 nitrogen and oxygen atoms in total. The van der Waals surface area contributed by atoms with Crippen molar-refractivity contribution in [2.45, 2.75) is 0 Å². The summed E-state index contributed by atoms with van der Waals surface area (Å²) in [5.74, 6) is -0.418. The number of anilines is 1. The van der Waals surface area contributed by atoms with E-state index in [1.807, 2.05) is 0 Å². The monoisotopic (exact) mass is 281 g/mol. The highest BCUT2D eigenvalue weighted by atomic mass is 16.5. The Hall–Kier alpha value is -2.95. The van der Waals surface area contributed by atoms with E-state index < -0.39 is 6.09 Å². The number of carbonyl (C=O) groups excluding carboxylic acids is 3. The van der Waals surface area contributed by atoms with Crippen LogP contribution in [0, 0.1) is 0 Å². The van der Waals surface area contributed by atoms with Gasteiger partial charge in [-0.1, -0.05) is 24.3 Å². The van der Waals surface area contributed by atoms with Gasteiger partial charge >= 0.3 is 6.09 Å². The number of amides is 1. The zero-order valence-electron chi connectivity index (χ0n) is 11.2. The summed E-state index contributed by atoms with van der Waals surface area (Å²) in [5, 5.41) is 2.48. The first-order valence-corrected chi connectivity index (χ1v) is 6.29. The van der Waals surface area contributed by atoms with Crippen LogP contribution in [-0.4, -0.2) is 24.8 Å². The van der Waals surface area contributed by atoms with Crippen LogP contribution in [0.25, 0.3) is 0 Å². The summed E-state index contributed by atoms with van der Waals surface area (Å²) in [4.78, 5) is 36.1. The van der Waals surface area contributed by atoms with Gasteiger partial charge in [0.2, 0.25) is 0 Å². The molecular weight excluding hydrogens is 270 g/mol. The zero-order chi connectivity index (χ0) is 15.0. The van der Waals surface area contributed by atoms with E-state index in [-0.39, 0.29) is 17.1 Å². The van der Waals surface area contributed by atoms with Gasteiger partial charge in [0, 0.05) is 27.9 Å². The fraction of sp³-hybridized carbons (Fsp3) is 0.0625. The van der Waals surface area contributed by atoms with Gasteiger partial charge in [-0.25, -0.2) is 4.79 Å². The fourth-order valence-electron chi connectivity index (χ4n) is 2.35. The van der Waals surface area contributed by atoms with Crippen molar-refractivity contribution in [3.63, 3.8) is 0 Å². The maximum atomic E-state index is 12.5. The van der Waals surface area contributed by atoms with E-state index in [2.05, 4.69) is 10.1 Å². The van der Waals surface area contributed by atoms with Crippen molar-refractivity contribution in [1.29, 1.82) is 0 Å². The normalized spacial score (nSPS) is 12.4. The number of ether oxygens (including phenoxy) is 1. The number of rotatable bonds is 1. The number of ketones is 2. The summed E-state index contributed by atoms with van der Waals surface area (Å²) < 4.78 is 4.50. The van der Waals surface area contributed by atoms with Gasteiger partial charge in [0.1, 0.15) is 0 Å². The van der Waals surface area contributed by atoms with E-state index in [0.29, 0.717) is 22.4 Å². The average Bonchev–Trinajstić information content (AvgIpc) is 2.52. The molecule has 0 aromatic heterocycles. The average molecular weight is 281 g/mol. The van der Waals surface area contributed by atoms with Gasteiger partial charge < -0.3 is 4.74 Å². The second kappa shape index (κ2) is 4.86. The van der Waals surface area contributed by atoms with Gasteiger partial charge in [-0.2, -0.15) is 0 Å². The Morgan fingerprint density at radius 1 is 0.905 bits per heavy atom. The van der Waals surface area contributed by atoms with Crippen LogP contribution in [0.15, 0.2) is 42.5 Å². The van der Waals surface area contributed by atoms with E-state index in [1.54, 1.807) is 30.3 Å². The molecule has 2 aromatic carbocycles. The maximum Gasteiger partial charge on any atom is 0.411 e. The molecule has 2 aromatic rings. The lowest BCUT2D eigenvalue weighted by molar-refractivity contribution is 0.0979. The third-order valence-electron chi connectivity index (χ3n) is 3.36. The highest BCUT2D eigenvalue weighted by Crippen LogP contribution is 2.29. The Balaban J connectivity index is 2.09. The molecule has 0 fully saturated rings. The van der Waals surface area contributed by atoms with Crippen molar-refractivity contribution in [1.82, 2.24) is 0 Å². The number of hydrogen-bond acceptors (Lipinski definition) is 4. The first-order valence-electron chi connectivity index (χ1n) is 6.29. The first kappa shape index (κ1) is 13.1. The number of benzene rings is 2. The Bertz CT molecular complexity index is 780. The Morgan fingerprint density at radius 2 is 1.48 bits per heavy atom. The smallest absolute Gasteiger partial charge is 0.411 e. The zero-order valence-corrected chi connectivity index (χ0v) is 11.2. The lowest BCUT2D eigenvalue weighted by Crippen LogP contribution is -2.21. The molecule has 1 aliphatic rings. The maximum absolute atomic E-state index is 12.5. The molecule has 5 heteroatoms. The van der Waals surface area contributed by atoms with Crippen LogP contribution in [0.4, 0.5) is 10.5 Å². The molecule has 0 spiro atoms. The molecule has 0 aliphatic heterocycles. The minimum Gasteiger partial charge on any atom is -0.453 e. The van der Waals surface area contributed by atoms with Crippen LogP contribution in [0.2, 0.25) is 0 Å². The van der Waals surface area contributed by atoms with Crippen LogP contribution in [0.3, 0.4) is 0 Å². The molecule has 104 valence electrons. The molecule has 3 rings (SSSR count). The fourth-order valence-corrected chi connectivity index (χ4v) is 2.35. The van der Waals surface area contributed by atoms with Crippen molar-refractivity contribution in [2.75, 3.05) is 12.4 Å². The Morgan fingerprint density at radius 3 is 2.10 bits per heavy atom. The van der Waals surface area contributed by atoms with Crippen molar-refractivity contribution in [3.8, 4) is 0 Å². The van der Waals surface area contributed by atoms with Gasteiger partial charge in [0.25, 0.3) is 0 Å². The van der Waals surface area contributed by atoms with Gasteiger partial charge in [0.15, 0.2) is 11.6 Å². The minimum absolute atomic E-state index is 0.190. The summed E-state index contributed by atoms with van der Waals surface area (Å²) in [6.45, 7) is 0. The van der Waals surface area contributed by atoms with Gasteiger partial charge in [-0.3, -0.25) is 14.9 Å². The highest BCUT2D eigenvalue weighted by Gasteiger charge is 2.29. The molecule has 0 atom stereocenters. The third kappa shape index (κ3) is 2.08. The van der Waals surface area contributed by atoms with Gasteiger partial charge in [0.05, 0.1) is 7.11 Å². The number of nitrogens with one attached hydrogen (secondary N) is 1. The number of carbonyl (C=O) groups is 3. The molecular formula is C16H11NO4. The molecule has 0 heterocycles. The summed E-state index contributed by atoms with van der Waals surface area (Å²) in [7, 11) is 1.25. The molecule has 0 radical (unpaired) electrons. The summed E-state index contributed by atoms with van der Waals surface area (Å²) in [6, 6.07) is 11.3. The number of hydrogen-bond donors (Lipinski definition) is 1. The third-order valence-corrected chi connectivity index (χ3v) is 3.36. The molecule has 0 bridgehead atoms. The van der Waals surface area contributed by atoms with Gasteiger partial charge in [-0.05, 0) is 18.2 Å². The van der Waals surface area contributed by atoms with E-state index in [1.165, 1.54) is 19.2 Å². The summed E-state index contributed by atoms with van der Waals surface area (Å²) in [5.41, 5.74) is 1.82. The lowest BCUT2D eigenvalue weighted by Gasteiger charge is -2.18. The SMILES string of the molecule is COC(=O)Nc1ccc2c(c1)C(=O)c1ccccc1C2=O. The predicted molar refractivity (Wildman–Crippen MR) is 75.8 cm³/mol. The van der Waals surface area contributed by atoms with Crippen molar-refractivity contribution < 1.29 is 19.1 Å². The van der Waals surface area contributed by atoms with Crippen LogP contribution in [-0.2, 0) is 4.74 Å². The summed E-state index contributed by atoms with van der Waals surface area (Å²) in [6.07, 6.45) is -0.634. The highest BCUT2D eigenvalue weighted by molar-refractivity contribution is 6.28.